The Hall–Kier alpha value is -2.42. The van der Waals surface area contributed by atoms with E-state index in [9.17, 15) is 4.79 Å². The van der Waals surface area contributed by atoms with Gasteiger partial charge in [0, 0.05) is 74.0 Å². The Bertz CT molecular complexity index is 1100. The number of nitrogens with one attached hydrogen (secondary N) is 1. The van der Waals surface area contributed by atoms with Gasteiger partial charge in [-0.25, -0.2) is 9.78 Å². The Balaban J connectivity index is 0.856. The van der Waals surface area contributed by atoms with Gasteiger partial charge < -0.3 is 14.3 Å². The zero-order valence-electron chi connectivity index (χ0n) is 20.5. The van der Waals surface area contributed by atoms with E-state index in [0.29, 0.717) is 17.3 Å². The molecule has 34 heavy (non-hydrogen) atoms. The van der Waals surface area contributed by atoms with Crippen LogP contribution in [0.2, 0.25) is 0 Å². The van der Waals surface area contributed by atoms with Crippen LogP contribution in [-0.4, -0.2) is 80.3 Å². The van der Waals surface area contributed by atoms with E-state index < -0.39 is 0 Å². The number of aromatic nitrogens is 4. The van der Waals surface area contributed by atoms with Gasteiger partial charge in [-0.2, -0.15) is 5.10 Å². The fourth-order valence-electron chi connectivity index (χ4n) is 6.84. The van der Waals surface area contributed by atoms with Crippen molar-refractivity contribution in [1.29, 1.82) is 0 Å². The maximum absolute atomic E-state index is 13.0. The van der Waals surface area contributed by atoms with Crippen LogP contribution in [0.1, 0.15) is 81.2 Å². The topological polar surface area (TPSA) is 94.4 Å². The Kier molecular flexibility index (Phi) is 4.20. The molecule has 7 rings (SSSR count). The number of aromatic amines is 1. The van der Waals surface area contributed by atoms with E-state index in [1.807, 2.05) is 0 Å². The molecule has 9 heteroatoms. The monoisotopic (exact) mass is 465 g/mol. The van der Waals surface area contributed by atoms with Gasteiger partial charge in [-0.05, 0) is 31.1 Å². The number of hydrogen-bond acceptors (Lipinski definition) is 6. The number of hydrogen-bond donors (Lipinski definition) is 1. The van der Waals surface area contributed by atoms with Crippen LogP contribution in [0.25, 0.3) is 0 Å². The van der Waals surface area contributed by atoms with Crippen molar-refractivity contribution >= 4 is 6.03 Å². The first-order chi connectivity index (χ1) is 16.2. The number of carbonyl (C=O) groups is 1. The van der Waals surface area contributed by atoms with Gasteiger partial charge in [-0.3, -0.25) is 10.00 Å². The lowest BCUT2D eigenvalue weighted by atomic mass is 9.57. The zero-order valence-corrected chi connectivity index (χ0v) is 20.5. The van der Waals surface area contributed by atoms with Gasteiger partial charge in [0.2, 0.25) is 0 Å². The number of carbonyl (C=O) groups excluding carboxylic acids is 1. The normalized spacial score (nSPS) is 25.7. The molecule has 1 N–H and O–H groups in total. The predicted molar refractivity (Wildman–Crippen MR) is 124 cm³/mol. The summed E-state index contributed by atoms with van der Waals surface area (Å²) in [6.07, 6.45) is 6.52. The molecular formula is C25H35N7O2. The van der Waals surface area contributed by atoms with Crippen LogP contribution in [0.3, 0.4) is 0 Å². The third kappa shape index (κ3) is 3.30. The van der Waals surface area contributed by atoms with E-state index in [4.69, 9.17) is 9.51 Å². The Morgan fingerprint density at radius 3 is 2.38 bits per heavy atom. The molecule has 0 aromatic carbocycles. The maximum atomic E-state index is 13.0. The summed E-state index contributed by atoms with van der Waals surface area (Å²) in [6.45, 7) is 13.1. The Morgan fingerprint density at radius 1 is 1.06 bits per heavy atom. The molecule has 5 aliphatic rings. The molecule has 3 saturated heterocycles. The van der Waals surface area contributed by atoms with E-state index in [1.54, 1.807) is 6.26 Å². The predicted octanol–water partition coefficient (Wildman–Crippen LogP) is 3.08. The van der Waals surface area contributed by atoms with Gasteiger partial charge in [0.1, 0.15) is 17.8 Å². The molecule has 5 fully saturated rings. The van der Waals surface area contributed by atoms with Crippen LogP contribution in [0.5, 0.6) is 0 Å². The molecule has 0 unspecified atom stereocenters. The molecule has 2 amide bonds. The quantitative estimate of drug-likeness (QED) is 0.746. The summed E-state index contributed by atoms with van der Waals surface area (Å²) in [5, 5.41) is 11.8. The van der Waals surface area contributed by atoms with Crippen LogP contribution < -0.4 is 0 Å². The second-order valence-electron chi connectivity index (χ2n) is 13.0. The van der Waals surface area contributed by atoms with E-state index >= 15 is 0 Å². The summed E-state index contributed by atoms with van der Waals surface area (Å²) >= 11 is 0. The molecule has 2 spiro atoms. The maximum Gasteiger partial charge on any atom is 0.320 e. The second-order valence-corrected chi connectivity index (χ2v) is 13.0. The molecule has 3 aliphatic heterocycles. The number of nitrogens with zero attached hydrogens (tertiary/aromatic N) is 6. The molecule has 0 atom stereocenters. The fraction of sp³-hybridized carbons (Fsp3) is 0.760. The summed E-state index contributed by atoms with van der Waals surface area (Å²) < 4.78 is 5.26. The molecule has 9 nitrogen and oxygen atoms in total. The Labute approximate surface area is 200 Å². The standard InChI is InChI=1S/C25H35N7O2/c1-23(2,3)18-9-34-29-19(18)8-30-10-25(11-30)14-32(15-25)22(33)31-12-24(13-31)6-17(7-24)21-26-20(27-28-21)16-4-5-16/h9,16-17H,4-8,10-15H2,1-3H3,(H,26,27,28). The molecule has 2 aliphatic carbocycles. The highest BCUT2D eigenvalue weighted by atomic mass is 16.5. The SMILES string of the molecule is CC(C)(C)c1conc1CN1CC2(C1)CN(C(=O)N1CC3(CC(c4nc(C5CC5)n[nH]4)C3)C1)C2. The lowest BCUT2D eigenvalue weighted by molar-refractivity contribution is -0.117. The minimum absolute atomic E-state index is 0.0427. The first-order valence-electron chi connectivity index (χ1n) is 12.8. The van der Waals surface area contributed by atoms with Crippen LogP contribution in [-0.2, 0) is 12.0 Å². The van der Waals surface area contributed by atoms with Crippen LogP contribution in [0, 0.1) is 10.8 Å². The van der Waals surface area contributed by atoms with Crippen molar-refractivity contribution in [3.8, 4) is 0 Å². The summed E-state index contributed by atoms with van der Waals surface area (Å²) in [4.78, 5) is 24.3. The van der Waals surface area contributed by atoms with Gasteiger partial charge in [-0.15, -0.1) is 0 Å². The molecule has 2 aromatic rings. The van der Waals surface area contributed by atoms with Gasteiger partial charge in [-0.1, -0.05) is 25.9 Å². The number of rotatable bonds is 4. The highest BCUT2D eigenvalue weighted by molar-refractivity contribution is 5.77. The summed E-state index contributed by atoms with van der Waals surface area (Å²) in [7, 11) is 0. The molecule has 5 heterocycles. The van der Waals surface area contributed by atoms with Crippen LogP contribution in [0.15, 0.2) is 10.8 Å². The number of likely N-dealkylation sites (tertiary alicyclic amines) is 3. The van der Waals surface area contributed by atoms with E-state index in [-0.39, 0.29) is 16.9 Å². The summed E-state index contributed by atoms with van der Waals surface area (Å²) in [6, 6.07) is 0.236. The highest BCUT2D eigenvalue weighted by Gasteiger charge is 2.58. The van der Waals surface area contributed by atoms with Crippen molar-refractivity contribution in [3.05, 3.63) is 29.2 Å². The molecule has 0 radical (unpaired) electrons. The second kappa shape index (κ2) is 6.83. The van der Waals surface area contributed by atoms with Crippen molar-refractivity contribution in [2.24, 2.45) is 10.8 Å². The van der Waals surface area contributed by atoms with Crippen LogP contribution in [0.4, 0.5) is 4.79 Å². The fourth-order valence-corrected chi connectivity index (χ4v) is 6.84. The number of amides is 2. The molecule has 2 aromatic heterocycles. The average Bonchev–Trinajstić information content (AvgIpc) is 3.19. The molecule has 2 saturated carbocycles. The zero-order chi connectivity index (χ0) is 23.3. The molecule has 0 bridgehead atoms. The largest absolute Gasteiger partial charge is 0.364 e. The van der Waals surface area contributed by atoms with Crippen molar-refractivity contribution in [2.45, 2.75) is 70.3 Å². The van der Waals surface area contributed by atoms with Gasteiger partial charge in [0.05, 0.1) is 0 Å². The average molecular weight is 466 g/mol. The lowest BCUT2D eigenvalue weighted by Gasteiger charge is -2.63. The van der Waals surface area contributed by atoms with E-state index in [1.165, 1.54) is 18.4 Å². The first-order valence-corrected chi connectivity index (χ1v) is 12.8. The lowest BCUT2D eigenvalue weighted by Crippen LogP contribution is -2.75. The van der Waals surface area contributed by atoms with E-state index in [2.05, 4.69) is 50.8 Å². The molecule has 182 valence electrons. The first kappa shape index (κ1) is 20.9. The molecular weight excluding hydrogens is 430 g/mol. The van der Waals surface area contributed by atoms with Crippen molar-refractivity contribution in [2.75, 3.05) is 39.3 Å². The third-order valence-corrected chi connectivity index (χ3v) is 8.80. The van der Waals surface area contributed by atoms with Crippen molar-refractivity contribution < 1.29 is 9.32 Å². The smallest absolute Gasteiger partial charge is 0.320 e. The minimum atomic E-state index is 0.0427. The Morgan fingerprint density at radius 2 is 1.74 bits per heavy atom. The highest BCUT2D eigenvalue weighted by Crippen LogP contribution is 2.56. The van der Waals surface area contributed by atoms with Crippen LogP contribution >= 0.6 is 0 Å². The minimum Gasteiger partial charge on any atom is -0.364 e. The van der Waals surface area contributed by atoms with Gasteiger partial charge in [0.15, 0.2) is 5.82 Å². The summed E-state index contributed by atoms with van der Waals surface area (Å²) in [5.41, 5.74) is 2.90. The van der Waals surface area contributed by atoms with Gasteiger partial charge in [0.25, 0.3) is 0 Å². The van der Waals surface area contributed by atoms with Gasteiger partial charge >= 0.3 is 6.03 Å². The van der Waals surface area contributed by atoms with E-state index in [0.717, 1.165) is 76.0 Å². The van der Waals surface area contributed by atoms with Crippen molar-refractivity contribution in [3.63, 3.8) is 0 Å². The summed E-state index contributed by atoms with van der Waals surface area (Å²) in [5.74, 6) is 3.17. The third-order valence-electron chi connectivity index (χ3n) is 8.80. The number of urea groups is 1. The van der Waals surface area contributed by atoms with Crippen molar-refractivity contribution in [1.82, 2.24) is 35.0 Å². The number of H-pyrrole nitrogens is 1.